The molecule has 1 N–H and O–H groups in total. The molecule has 84 valence electrons. The van der Waals surface area contributed by atoms with Gasteiger partial charge in [0.25, 0.3) is 0 Å². The molecule has 0 saturated heterocycles. The summed E-state index contributed by atoms with van der Waals surface area (Å²) in [6.45, 7) is 9.38. The Morgan fingerprint density at radius 2 is 1.50 bits per heavy atom. The molecule has 0 radical (unpaired) electrons. The van der Waals surface area contributed by atoms with Crippen LogP contribution in [0.25, 0.3) is 0 Å². The van der Waals surface area contributed by atoms with E-state index in [0.717, 1.165) is 23.9 Å². The molecule has 0 amide bonds. The van der Waals surface area contributed by atoms with E-state index in [0.29, 0.717) is 0 Å². The summed E-state index contributed by atoms with van der Waals surface area (Å²) in [5, 5.41) is 3.82. The first-order valence-corrected chi connectivity index (χ1v) is 6.41. The van der Waals surface area contributed by atoms with Crippen molar-refractivity contribution < 1.29 is 0 Å². The fourth-order valence-electron chi connectivity index (χ4n) is 2.94. The van der Waals surface area contributed by atoms with E-state index in [1.54, 1.807) is 0 Å². The van der Waals surface area contributed by atoms with Gasteiger partial charge in [-0.05, 0) is 43.9 Å². The molecular weight excluding hydrogens is 170 g/mol. The zero-order valence-electron chi connectivity index (χ0n) is 10.3. The van der Waals surface area contributed by atoms with Gasteiger partial charge in [-0.1, -0.05) is 27.7 Å². The van der Waals surface area contributed by atoms with E-state index in [1.807, 2.05) is 0 Å². The van der Waals surface area contributed by atoms with Crippen LogP contribution in [0.15, 0.2) is 0 Å². The van der Waals surface area contributed by atoms with Crippen molar-refractivity contribution >= 4 is 0 Å². The zero-order chi connectivity index (χ0) is 10.6. The van der Waals surface area contributed by atoms with Crippen LogP contribution in [0.3, 0.4) is 0 Å². The Balaban J connectivity index is 2.35. The van der Waals surface area contributed by atoms with Gasteiger partial charge in [0.05, 0.1) is 0 Å². The number of nitrogens with one attached hydrogen (secondary N) is 1. The standard InChI is InChI=1S/C13H27N/c1-5-12(6-2)14-13-8-10(3)7-11(4)9-13/h10-14H,5-9H2,1-4H3/t10-,11-/m0/s1. The predicted octanol–water partition coefficient (Wildman–Crippen LogP) is 3.59. The summed E-state index contributed by atoms with van der Waals surface area (Å²) in [4.78, 5) is 0. The highest BCUT2D eigenvalue weighted by molar-refractivity contribution is 4.81. The van der Waals surface area contributed by atoms with Gasteiger partial charge in [-0.15, -0.1) is 0 Å². The summed E-state index contributed by atoms with van der Waals surface area (Å²) in [5.74, 6) is 1.84. The van der Waals surface area contributed by atoms with E-state index in [4.69, 9.17) is 0 Å². The smallest absolute Gasteiger partial charge is 0.00747 e. The van der Waals surface area contributed by atoms with Gasteiger partial charge in [-0.3, -0.25) is 0 Å². The molecule has 0 aliphatic heterocycles. The lowest BCUT2D eigenvalue weighted by Gasteiger charge is -2.34. The van der Waals surface area contributed by atoms with Crippen LogP contribution in [0.5, 0.6) is 0 Å². The van der Waals surface area contributed by atoms with Gasteiger partial charge >= 0.3 is 0 Å². The van der Waals surface area contributed by atoms with Crippen LogP contribution in [0.2, 0.25) is 0 Å². The first-order chi connectivity index (χ1) is 6.65. The Morgan fingerprint density at radius 3 is 1.93 bits per heavy atom. The molecule has 0 aromatic carbocycles. The summed E-state index contributed by atoms with van der Waals surface area (Å²) < 4.78 is 0. The number of hydrogen-bond acceptors (Lipinski definition) is 1. The van der Waals surface area contributed by atoms with Crippen molar-refractivity contribution in [2.45, 2.75) is 71.9 Å². The Morgan fingerprint density at radius 1 is 1.00 bits per heavy atom. The van der Waals surface area contributed by atoms with Crippen LogP contribution in [0, 0.1) is 11.8 Å². The first-order valence-electron chi connectivity index (χ1n) is 6.41. The maximum absolute atomic E-state index is 3.82. The third-order valence-electron chi connectivity index (χ3n) is 3.64. The largest absolute Gasteiger partial charge is 0.311 e. The van der Waals surface area contributed by atoms with Gasteiger partial charge in [0.2, 0.25) is 0 Å². The van der Waals surface area contributed by atoms with E-state index in [2.05, 4.69) is 33.0 Å². The van der Waals surface area contributed by atoms with Crippen molar-refractivity contribution in [3.8, 4) is 0 Å². The second-order valence-corrected chi connectivity index (χ2v) is 5.29. The summed E-state index contributed by atoms with van der Waals surface area (Å²) in [5.41, 5.74) is 0. The molecule has 2 atom stereocenters. The molecule has 0 spiro atoms. The van der Waals surface area contributed by atoms with Crippen LogP contribution in [0.1, 0.15) is 59.8 Å². The van der Waals surface area contributed by atoms with Crippen LogP contribution in [0.4, 0.5) is 0 Å². The van der Waals surface area contributed by atoms with E-state index in [-0.39, 0.29) is 0 Å². The average molecular weight is 197 g/mol. The lowest BCUT2D eigenvalue weighted by Crippen LogP contribution is -2.42. The van der Waals surface area contributed by atoms with Gasteiger partial charge in [0.1, 0.15) is 0 Å². The lowest BCUT2D eigenvalue weighted by molar-refractivity contribution is 0.222. The highest BCUT2D eigenvalue weighted by Gasteiger charge is 2.24. The molecule has 1 fully saturated rings. The topological polar surface area (TPSA) is 12.0 Å². The highest BCUT2D eigenvalue weighted by atomic mass is 14.9. The van der Waals surface area contributed by atoms with Crippen LogP contribution < -0.4 is 5.32 Å². The van der Waals surface area contributed by atoms with Gasteiger partial charge < -0.3 is 5.32 Å². The highest BCUT2D eigenvalue weighted by Crippen LogP contribution is 2.28. The Labute approximate surface area is 89.7 Å². The third-order valence-corrected chi connectivity index (χ3v) is 3.64. The second-order valence-electron chi connectivity index (χ2n) is 5.29. The van der Waals surface area contributed by atoms with Crippen molar-refractivity contribution in [2.24, 2.45) is 11.8 Å². The molecule has 1 saturated carbocycles. The van der Waals surface area contributed by atoms with Crippen molar-refractivity contribution in [1.29, 1.82) is 0 Å². The zero-order valence-corrected chi connectivity index (χ0v) is 10.3. The average Bonchev–Trinajstić information content (AvgIpc) is 2.12. The Hall–Kier alpha value is -0.0400. The van der Waals surface area contributed by atoms with E-state index < -0.39 is 0 Å². The molecule has 1 nitrogen and oxygen atoms in total. The van der Waals surface area contributed by atoms with Crippen molar-refractivity contribution in [2.75, 3.05) is 0 Å². The van der Waals surface area contributed by atoms with Crippen LogP contribution >= 0.6 is 0 Å². The Kier molecular flexibility index (Phi) is 4.94. The monoisotopic (exact) mass is 197 g/mol. The molecule has 1 aliphatic rings. The Bertz CT molecular complexity index is 141. The van der Waals surface area contributed by atoms with Crippen molar-refractivity contribution in [1.82, 2.24) is 5.32 Å². The SMILES string of the molecule is CCC(CC)NC1C[C@@H](C)C[C@H](C)C1. The van der Waals surface area contributed by atoms with E-state index >= 15 is 0 Å². The third kappa shape index (κ3) is 3.61. The second kappa shape index (κ2) is 5.75. The molecular formula is C13H27N. The lowest BCUT2D eigenvalue weighted by atomic mass is 9.80. The summed E-state index contributed by atoms with van der Waals surface area (Å²) in [6, 6.07) is 1.54. The van der Waals surface area contributed by atoms with Gasteiger partial charge in [0, 0.05) is 12.1 Å². The molecule has 1 rings (SSSR count). The molecule has 1 aliphatic carbocycles. The predicted molar refractivity (Wildman–Crippen MR) is 63.5 cm³/mol. The van der Waals surface area contributed by atoms with Crippen molar-refractivity contribution in [3.63, 3.8) is 0 Å². The maximum atomic E-state index is 3.82. The molecule has 1 heteroatoms. The molecule has 0 aromatic rings. The van der Waals surface area contributed by atoms with Gasteiger partial charge in [0.15, 0.2) is 0 Å². The van der Waals surface area contributed by atoms with Crippen LogP contribution in [-0.4, -0.2) is 12.1 Å². The first kappa shape index (κ1) is 12.0. The van der Waals surface area contributed by atoms with E-state index in [1.165, 1.54) is 32.1 Å². The minimum atomic E-state index is 0.748. The summed E-state index contributed by atoms with van der Waals surface area (Å²) >= 11 is 0. The fourth-order valence-corrected chi connectivity index (χ4v) is 2.94. The summed E-state index contributed by atoms with van der Waals surface area (Å²) in [6.07, 6.45) is 6.76. The van der Waals surface area contributed by atoms with E-state index in [9.17, 15) is 0 Å². The molecule has 0 aromatic heterocycles. The minimum Gasteiger partial charge on any atom is -0.311 e. The van der Waals surface area contributed by atoms with Gasteiger partial charge in [-0.25, -0.2) is 0 Å². The number of hydrogen-bond donors (Lipinski definition) is 1. The normalized spacial score (nSPS) is 33.6. The van der Waals surface area contributed by atoms with Crippen molar-refractivity contribution in [3.05, 3.63) is 0 Å². The molecule has 0 unspecified atom stereocenters. The minimum absolute atomic E-state index is 0.748. The summed E-state index contributed by atoms with van der Waals surface area (Å²) in [7, 11) is 0. The molecule has 0 heterocycles. The molecule has 14 heavy (non-hydrogen) atoms. The van der Waals surface area contributed by atoms with Crippen LogP contribution in [-0.2, 0) is 0 Å². The maximum Gasteiger partial charge on any atom is 0.00747 e. The quantitative estimate of drug-likeness (QED) is 0.726. The van der Waals surface area contributed by atoms with Gasteiger partial charge in [-0.2, -0.15) is 0 Å². The fraction of sp³-hybridized carbons (Fsp3) is 1.00. The number of rotatable bonds is 4. The molecule has 0 bridgehead atoms.